The number of rotatable bonds is 4. The molecule has 3 heteroatoms. The Morgan fingerprint density at radius 1 is 1.06 bits per heavy atom. The molecule has 0 fully saturated rings. The third-order valence-corrected chi connectivity index (χ3v) is 3.09. The Labute approximate surface area is 107 Å². The van der Waals surface area contributed by atoms with E-state index in [1.165, 1.54) is 0 Å². The lowest BCUT2D eigenvalue weighted by Crippen LogP contribution is -1.99. The molecule has 0 aromatic heterocycles. The van der Waals surface area contributed by atoms with Crippen LogP contribution in [0.2, 0.25) is 0 Å². The number of phenolic OH excluding ortho intramolecular Hbond substituents is 2. The number of ether oxygens (including phenoxy) is 1. The van der Waals surface area contributed by atoms with Crippen molar-refractivity contribution in [1.82, 2.24) is 0 Å². The van der Waals surface area contributed by atoms with Crippen molar-refractivity contribution in [3.8, 4) is 17.2 Å². The van der Waals surface area contributed by atoms with Crippen molar-refractivity contribution in [2.45, 2.75) is 26.7 Å². The van der Waals surface area contributed by atoms with E-state index in [-0.39, 0.29) is 11.5 Å². The maximum atomic E-state index is 10.2. The molecule has 0 spiro atoms. The van der Waals surface area contributed by atoms with Gasteiger partial charge in [0.2, 0.25) is 0 Å². The predicted molar refractivity (Wildman–Crippen MR) is 72.4 cm³/mol. The first-order valence-electron chi connectivity index (χ1n) is 6.22. The summed E-state index contributed by atoms with van der Waals surface area (Å²) in [6, 6.07) is 7.22. The highest BCUT2D eigenvalue weighted by Gasteiger charge is 2.16. The Bertz CT molecular complexity index is 561. The smallest absolute Gasteiger partial charge is 0.168 e. The highest BCUT2D eigenvalue weighted by Crippen LogP contribution is 2.44. The summed E-state index contributed by atoms with van der Waals surface area (Å²) in [5.74, 6) is 0.673. The number of benzene rings is 2. The van der Waals surface area contributed by atoms with Gasteiger partial charge < -0.3 is 14.9 Å². The van der Waals surface area contributed by atoms with Gasteiger partial charge in [0.25, 0.3) is 0 Å². The van der Waals surface area contributed by atoms with Crippen molar-refractivity contribution in [1.29, 1.82) is 0 Å². The number of aromatic hydroxyl groups is 2. The van der Waals surface area contributed by atoms with E-state index in [9.17, 15) is 10.2 Å². The van der Waals surface area contributed by atoms with Crippen molar-refractivity contribution in [2.75, 3.05) is 6.61 Å². The first-order chi connectivity index (χ1) is 8.66. The van der Waals surface area contributed by atoms with Gasteiger partial charge in [-0.1, -0.05) is 37.6 Å². The van der Waals surface area contributed by atoms with Crippen LogP contribution in [0.25, 0.3) is 10.8 Å². The molecule has 18 heavy (non-hydrogen) atoms. The standard InChI is InChI=1S/C15H18O3/c1-3-4-9-18-15-10(2)13(16)11-7-5-6-8-12(11)14(15)17/h5-8,16-17H,3-4,9H2,1-2H3. The molecule has 0 heterocycles. The zero-order valence-corrected chi connectivity index (χ0v) is 10.7. The van der Waals surface area contributed by atoms with Crippen molar-refractivity contribution in [3.63, 3.8) is 0 Å². The summed E-state index contributed by atoms with van der Waals surface area (Å²) in [7, 11) is 0. The molecule has 2 aromatic carbocycles. The van der Waals surface area contributed by atoms with Crippen molar-refractivity contribution in [3.05, 3.63) is 29.8 Å². The van der Waals surface area contributed by atoms with E-state index in [2.05, 4.69) is 6.92 Å². The van der Waals surface area contributed by atoms with Gasteiger partial charge in [0.1, 0.15) is 5.75 Å². The van der Waals surface area contributed by atoms with E-state index in [4.69, 9.17) is 4.74 Å². The van der Waals surface area contributed by atoms with Gasteiger partial charge in [0.15, 0.2) is 11.5 Å². The molecule has 0 saturated carbocycles. The van der Waals surface area contributed by atoms with Crippen molar-refractivity contribution in [2.24, 2.45) is 0 Å². The Morgan fingerprint density at radius 2 is 1.67 bits per heavy atom. The Hall–Kier alpha value is -1.90. The summed E-state index contributed by atoms with van der Waals surface area (Å²) in [5, 5.41) is 21.6. The van der Waals surface area contributed by atoms with Gasteiger partial charge >= 0.3 is 0 Å². The minimum absolute atomic E-state index is 0.108. The van der Waals surface area contributed by atoms with Gasteiger partial charge in [0.05, 0.1) is 6.61 Å². The lowest BCUT2D eigenvalue weighted by Gasteiger charge is -2.14. The lowest BCUT2D eigenvalue weighted by molar-refractivity contribution is 0.290. The van der Waals surface area contributed by atoms with Crippen molar-refractivity contribution < 1.29 is 14.9 Å². The summed E-state index contributed by atoms with van der Waals surface area (Å²) >= 11 is 0. The Balaban J connectivity index is 2.52. The van der Waals surface area contributed by atoms with E-state index in [1.807, 2.05) is 12.1 Å². The fourth-order valence-electron chi connectivity index (χ4n) is 2.00. The van der Waals surface area contributed by atoms with Crippen LogP contribution < -0.4 is 4.74 Å². The Morgan fingerprint density at radius 3 is 2.28 bits per heavy atom. The highest BCUT2D eigenvalue weighted by atomic mass is 16.5. The number of phenols is 2. The van der Waals surface area contributed by atoms with Crippen LogP contribution in [0.4, 0.5) is 0 Å². The molecule has 0 aliphatic rings. The highest BCUT2D eigenvalue weighted by molar-refractivity contribution is 5.96. The molecule has 0 atom stereocenters. The van der Waals surface area contributed by atoms with Gasteiger partial charge in [-0.05, 0) is 13.3 Å². The fourth-order valence-corrected chi connectivity index (χ4v) is 2.00. The molecular weight excluding hydrogens is 228 g/mol. The lowest BCUT2D eigenvalue weighted by atomic mass is 10.0. The van der Waals surface area contributed by atoms with Crippen LogP contribution >= 0.6 is 0 Å². The molecule has 0 saturated heterocycles. The average Bonchev–Trinajstić information content (AvgIpc) is 2.40. The normalized spacial score (nSPS) is 10.8. The minimum Gasteiger partial charge on any atom is -0.507 e. The third kappa shape index (κ3) is 2.08. The van der Waals surface area contributed by atoms with Gasteiger partial charge in [-0.2, -0.15) is 0 Å². The van der Waals surface area contributed by atoms with Crippen LogP contribution in [0.3, 0.4) is 0 Å². The SMILES string of the molecule is CCCCOc1c(C)c(O)c2ccccc2c1O. The van der Waals surface area contributed by atoms with Crippen LogP contribution in [-0.4, -0.2) is 16.8 Å². The van der Waals surface area contributed by atoms with E-state index < -0.39 is 0 Å². The largest absolute Gasteiger partial charge is 0.507 e. The summed E-state index contributed by atoms with van der Waals surface area (Å²) < 4.78 is 5.59. The summed E-state index contributed by atoms with van der Waals surface area (Å²) in [5.41, 5.74) is 0.585. The van der Waals surface area contributed by atoms with E-state index in [0.29, 0.717) is 28.7 Å². The molecule has 0 aliphatic heterocycles. The van der Waals surface area contributed by atoms with Crippen LogP contribution in [-0.2, 0) is 0 Å². The first kappa shape index (κ1) is 12.6. The molecule has 0 aliphatic carbocycles. The van der Waals surface area contributed by atoms with Gasteiger partial charge in [0, 0.05) is 16.3 Å². The second-order valence-electron chi connectivity index (χ2n) is 4.40. The van der Waals surface area contributed by atoms with Crippen LogP contribution in [0.5, 0.6) is 17.2 Å². The molecule has 0 unspecified atom stereocenters. The second kappa shape index (κ2) is 5.17. The number of hydrogen-bond donors (Lipinski definition) is 2. The molecule has 0 bridgehead atoms. The molecule has 2 rings (SSSR count). The molecular formula is C15H18O3. The Kier molecular flexibility index (Phi) is 3.60. The molecule has 3 nitrogen and oxygen atoms in total. The fraction of sp³-hybridized carbons (Fsp3) is 0.333. The summed E-state index contributed by atoms with van der Waals surface area (Å²) in [4.78, 5) is 0. The molecule has 0 radical (unpaired) electrons. The zero-order valence-electron chi connectivity index (χ0n) is 10.7. The third-order valence-electron chi connectivity index (χ3n) is 3.09. The molecule has 2 aromatic rings. The maximum absolute atomic E-state index is 10.2. The maximum Gasteiger partial charge on any atom is 0.168 e. The second-order valence-corrected chi connectivity index (χ2v) is 4.40. The van der Waals surface area contributed by atoms with Gasteiger partial charge in [-0.15, -0.1) is 0 Å². The number of hydrogen-bond acceptors (Lipinski definition) is 3. The number of fused-ring (bicyclic) bond motifs is 1. The first-order valence-corrected chi connectivity index (χ1v) is 6.22. The van der Waals surface area contributed by atoms with E-state index in [0.717, 1.165) is 12.8 Å². The predicted octanol–water partition coefficient (Wildman–Crippen LogP) is 3.74. The zero-order chi connectivity index (χ0) is 13.1. The monoisotopic (exact) mass is 246 g/mol. The van der Waals surface area contributed by atoms with Gasteiger partial charge in [-0.3, -0.25) is 0 Å². The topological polar surface area (TPSA) is 49.7 Å². The van der Waals surface area contributed by atoms with E-state index >= 15 is 0 Å². The number of unbranched alkanes of at least 4 members (excludes halogenated alkanes) is 1. The van der Waals surface area contributed by atoms with E-state index in [1.54, 1.807) is 19.1 Å². The molecule has 96 valence electrons. The summed E-state index contributed by atoms with van der Waals surface area (Å²) in [6.07, 6.45) is 1.95. The summed E-state index contributed by atoms with van der Waals surface area (Å²) in [6.45, 7) is 4.37. The molecule has 2 N–H and O–H groups in total. The van der Waals surface area contributed by atoms with Crippen LogP contribution in [0, 0.1) is 6.92 Å². The van der Waals surface area contributed by atoms with Crippen LogP contribution in [0.1, 0.15) is 25.3 Å². The quantitative estimate of drug-likeness (QED) is 0.638. The average molecular weight is 246 g/mol. The van der Waals surface area contributed by atoms with Gasteiger partial charge in [-0.25, -0.2) is 0 Å². The molecule has 0 amide bonds. The van der Waals surface area contributed by atoms with Crippen molar-refractivity contribution >= 4 is 10.8 Å². The minimum atomic E-state index is 0.108. The van der Waals surface area contributed by atoms with Crippen LogP contribution in [0.15, 0.2) is 24.3 Å².